The lowest BCUT2D eigenvalue weighted by atomic mass is 9.82. The van der Waals surface area contributed by atoms with Crippen molar-refractivity contribution in [1.82, 2.24) is 19.4 Å². The molecule has 7 heteroatoms. The van der Waals surface area contributed by atoms with Gasteiger partial charge in [-0.2, -0.15) is 0 Å². The lowest BCUT2D eigenvalue weighted by Gasteiger charge is -2.43. The quantitative estimate of drug-likeness (QED) is 0.727. The van der Waals surface area contributed by atoms with Gasteiger partial charge < -0.3 is 19.0 Å². The number of H-pyrrole nitrogens is 1. The van der Waals surface area contributed by atoms with Gasteiger partial charge in [0.15, 0.2) is 11.5 Å². The van der Waals surface area contributed by atoms with Crippen molar-refractivity contribution in [2.45, 2.75) is 25.4 Å². The summed E-state index contributed by atoms with van der Waals surface area (Å²) in [6.07, 6.45) is 4.59. The van der Waals surface area contributed by atoms with Crippen LogP contribution >= 0.6 is 0 Å². The molecule has 2 aromatic heterocycles. The Kier molecular flexibility index (Phi) is 4.16. The molecule has 0 aliphatic carbocycles. The van der Waals surface area contributed by atoms with Crippen LogP contribution in [-0.2, 0) is 13.1 Å². The average Bonchev–Trinajstić information content (AvgIpc) is 3.29. The number of fused-ring (bicyclic) bond motifs is 5. The Labute approximate surface area is 174 Å². The van der Waals surface area contributed by atoms with Crippen molar-refractivity contribution in [1.29, 1.82) is 0 Å². The number of likely N-dealkylation sites (tertiary alicyclic amines) is 1. The number of piperidine rings is 1. The summed E-state index contributed by atoms with van der Waals surface area (Å²) in [5.41, 5.74) is 3.11. The molecular formula is C23H24N4O3. The minimum absolute atomic E-state index is 0.0671. The third-order valence-corrected chi connectivity index (χ3v) is 6.45. The molecule has 0 saturated carbocycles. The van der Waals surface area contributed by atoms with E-state index in [1.165, 1.54) is 5.56 Å². The Balaban J connectivity index is 1.25. The molecule has 2 bridgehead atoms. The van der Waals surface area contributed by atoms with Crippen molar-refractivity contribution in [3.8, 4) is 22.9 Å². The Morgan fingerprint density at radius 1 is 1.07 bits per heavy atom. The number of aromatic amines is 1. The number of benzene rings is 1. The van der Waals surface area contributed by atoms with Crippen LogP contribution in [0.25, 0.3) is 11.4 Å². The Hall–Kier alpha value is -3.06. The first kappa shape index (κ1) is 17.8. The highest BCUT2D eigenvalue weighted by molar-refractivity contribution is 5.53. The van der Waals surface area contributed by atoms with Gasteiger partial charge in [0.1, 0.15) is 19.0 Å². The van der Waals surface area contributed by atoms with Crippen LogP contribution in [0.15, 0.2) is 47.5 Å². The van der Waals surface area contributed by atoms with Gasteiger partial charge in [0.25, 0.3) is 5.56 Å². The van der Waals surface area contributed by atoms with Crippen LogP contribution in [0.5, 0.6) is 11.5 Å². The topological polar surface area (TPSA) is 72.4 Å². The number of imidazole rings is 1. The van der Waals surface area contributed by atoms with Crippen LogP contribution in [0, 0.1) is 5.92 Å². The largest absolute Gasteiger partial charge is 0.486 e. The highest BCUT2D eigenvalue weighted by Gasteiger charge is 2.35. The van der Waals surface area contributed by atoms with Crippen molar-refractivity contribution in [3.63, 3.8) is 0 Å². The van der Waals surface area contributed by atoms with Gasteiger partial charge in [0.2, 0.25) is 0 Å². The first-order chi connectivity index (χ1) is 14.7. The molecule has 0 amide bonds. The summed E-state index contributed by atoms with van der Waals surface area (Å²) in [5, 5.41) is 0. The predicted molar refractivity (Wildman–Crippen MR) is 112 cm³/mol. The normalized spacial score (nSPS) is 22.5. The molecule has 1 saturated heterocycles. The fraction of sp³-hybridized carbons (Fsp3) is 0.391. The number of hydrogen-bond acceptors (Lipinski definition) is 5. The molecule has 3 aromatic rings. The summed E-state index contributed by atoms with van der Waals surface area (Å²) in [5.74, 6) is 3.19. The standard InChI is InChI=1S/C23H24N4O3/c28-23-18(22-24-5-6-25-22)2-3-19-17-9-16(13-27(19)23)12-26(14-17)11-15-1-4-20-21(10-15)30-8-7-29-20/h1-6,10,16-17H,7-9,11-14H2,(H,24,25)/t16-,17+/m0/s1. The van der Waals surface area contributed by atoms with Crippen molar-refractivity contribution < 1.29 is 9.47 Å². The number of rotatable bonds is 3. The minimum atomic E-state index is 0.0671. The minimum Gasteiger partial charge on any atom is -0.486 e. The smallest absolute Gasteiger partial charge is 0.261 e. The number of ether oxygens (including phenoxy) is 2. The fourth-order valence-corrected chi connectivity index (χ4v) is 5.21. The highest BCUT2D eigenvalue weighted by Crippen LogP contribution is 2.37. The second kappa shape index (κ2) is 7.02. The van der Waals surface area contributed by atoms with E-state index >= 15 is 0 Å². The summed E-state index contributed by atoms with van der Waals surface area (Å²) in [6.45, 7) is 4.85. The zero-order valence-electron chi connectivity index (χ0n) is 16.7. The molecule has 2 atom stereocenters. The molecule has 0 spiro atoms. The number of nitrogens with zero attached hydrogens (tertiary/aromatic N) is 3. The average molecular weight is 404 g/mol. The Morgan fingerprint density at radius 3 is 2.83 bits per heavy atom. The zero-order chi connectivity index (χ0) is 20.1. The number of nitrogens with one attached hydrogen (secondary N) is 1. The van der Waals surface area contributed by atoms with E-state index < -0.39 is 0 Å². The Bertz CT molecular complexity index is 1140. The van der Waals surface area contributed by atoms with Crippen LogP contribution in [0.2, 0.25) is 0 Å². The van der Waals surface area contributed by atoms with E-state index in [9.17, 15) is 4.79 Å². The maximum Gasteiger partial charge on any atom is 0.261 e. The summed E-state index contributed by atoms with van der Waals surface area (Å²) in [4.78, 5) is 22.9. The highest BCUT2D eigenvalue weighted by atomic mass is 16.6. The van der Waals surface area contributed by atoms with E-state index in [4.69, 9.17) is 9.47 Å². The lowest BCUT2D eigenvalue weighted by molar-refractivity contribution is 0.114. The van der Waals surface area contributed by atoms with Crippen LogP contribution in [0.1, 0.15) is 23.6 Å². The molecule has 1 aromatic carbocycles. The molecule has 154 valence electrons. The first-order valence-corrected chi connectivity index (χ1v) is 10.6. The predicted octanol–water partition coefficient (Wildman–Crippen LogP) is 2.63. The van der Waals surface area contributed by atoms with E-state index in [1.807, 2.05) is 16.7 Å². The Morgan fingerprint density at radius 2 is 1.97 bits per heavy atom. The van der Waals surface area contributed by atoms with Crippen molar-refractivity contribution in [3.05, 3.63) is 64.3 Å². The number of hydrogen-bond donors (Lipinski definition) is 1. The van der Waals surface area contributed by atoms with Gasteiger partial charge in [-0.05, 0) is 42.2 Å². The monoisotopic (exact) mass is 404 g/mol. The molecule has 1 N–H and O–H groups in total. The van der Waals surface area contributed by atoms with E-state index in [2.05, 4.69) is 33.1 Å². The molecule has 0 unspecified atom stereocenters. The summed E-state index contributed by atoms with van der Waals surface area (Å²) in [7, 11) is 0. The molecule has 7 nitrogen and oxygen atoms in total. The molecule has 5 heterocycles. The third-order valence-electron chi connectivity index (χ3n) is 6.45. The van der Waals surface area contributed by atoms with Crippen molar-refractivity contribution in [2.75, 3.05) is 26.3 Å². The molecule has 30 heavy (non-hydrogen) atoms. The van der Waals surface area contributed by atoms with E-state index in [-0.39, 0.29) is 5.56 Å². The van der Waals surface area contributed by atoms with Crippen LogP contribution in [0.3, 0.4) is 0 Å². The van der Waals surface area contributed by atoms with E-state index in [0.717, 1.165) is 49.8 Å². The second-order valence-electron chi connectivity index (χ2n) is 8.50. The van der Waals surface area contributed by atoms with Crippen LogP contribution in [-0.4, -0.2) is 45.7 Å². The first-order valence-electron chi connectivity index (χ1n) is 10.6. The third kappa shape index (κ3) is 3.01. The van der Waals surface area contributed by atoms with Crippen molar-refractivity contribution in [2.24, 2.45) is 5.92 Å². The van der Waals surface area contributed by atoms with Gasteiger partial charge in [-0.25, -0.2) is 4.98 Å². The van der Waals surface area contributed by atoms with Gasteiger partial charge >= 0.3 is 0 Å². The second-order valence-corrected chi connectivity index (χ2v) is 8.50. The SMILES string of the molecule is O=c1c(-c2ncc[nH]2)ccc2n1C[C@H]1C[C@@H]2CN(Cc2ccc3c(c2)OCCO3)C1. The van der Waals surface area contributed by atoms with Gasteiger partial charge in [0, 0.05) is 50.2 Å². The van der Waals surface area contributed by atoms with Crippen molar-refractivity contribution >= 4 is 0 Å². The summed E-state index contributed by atoms with van der Waals surface area (Å²) in [6, 6.07) is 10.3. The summed E-state index contributed by atoms with van der Waals surface area (Å²) >= 11 is 0. The molecule has 3 aliphatic rings. The molecule has 3 aliphatic heterocycles. The van der Waals surface area contributed by atoms with E-state index in [1.54, 1.807) is 12.4 Å². The number of pyridine rings is 1. The molecule has 6 rings (SSSR count). The maximum absolute atomic E-state index is 13.1. The van der Waals surface area contributed by atoms with Gasteiger partial charge in [0.05, 0.1) is 5.56 Å². The fourth-order valence-electron chi connectivity index (χ4n) is 5.21. The van der Waals surface area contributed by atoms with Crippen LogP contribution < -0.4 is 15.0 Å². The summed E-state index contributed by atoms with van der Waals surface area (Å²) < 4.78 is 13.4. The zero-order valence-corrected chi connectivity index (χ0v) is 16.7. The van der Waals surface area contributed by atoms with E-state index in [0.29, 0.717) is 36.4 Å². The van der Waals surface area contributed by atoms with Gasteiger partial charge in [-0.1, -0.05) is 6.07 Å². The molecule has 1 fully saturated rings. The number of aromatic nitrogens is 3. The van der Waals surface area contributed by atoms with Gasteiger partial charge in [-0.15, -0.1) is 0 Å². The molecule has 0 radical (unpaired) electrons. The van der Waals surface area contributed by atoms with Gasteiger partial charge in [-0.3, -0.25) is 9.69 Å². The maximum atomic E-state index is 13.1. The lowest BCUT2D eigenvalue weighted by Crippen LogP contribution is -2.47. The molecular weight excluding hydrogens is 380 g/mol. The van der Waals surface area contributed by atoms with Crippen LogP contribution in [0.4, 0.5) is 0 Å².